The van der Waals surface area contributed by atoms with Crippen molar-refractivity contribution in [3.8, 4) is 0 Å². The molecule has 0 aromatic heterocycles. The van der Waals surface area contributed by atoms with Gasteiger partial charge in [-0.2, -0.15) is 0 Å². The average Bonchev–Trinajstić information content (AvgIpc) is 2.25. The number of carboxylic acid groups (broad SMARTS) is 1. The summed E-state index contributed by atoms with van der Waals surface area (Å²) in [6.07, 6.45) is 5.30. The Morgan fingerprint density at radius 1 is 1.05 bits per heavy atom. The molecule has 1 aliphatic rings. The molecule has 0 aromatic rings. The van der Waals surface area contributed by atoms with E-state index >= 15 is 0 Å². The van der Waals surface area contributed by atoms with Crippen molar-refractivity contribution in [3.63, 3.8) is 0 Å². The van der Waals surface area contributed by atoms with E-state index in [0.717, 1.165) is 32.1 Å². The van der Waals surface area contributed by atoms with E-state index in [1.165, 1.54) is 4.90 Å². The van der Waals surface area contributed by atoms with Crippen molar-refractivity contribution in [2.24, 2.45) is 0 Å². The summed E-state index contributed by atoms with van der Waals surface area (Å²) in [6, 6.07) is 0. The van der Waals surface area contributed by atoms with Gasteiger partial charge in [0.1, 0.15) is 11.1 Å². The van der Waals surface area contributed by atoms with Crippen LogP contribution in [0.5, 0.6) is 0 Å². The lowest BCUT2D eigenvalue weighted by atomic mass is 9.83. The van der Waals surface area contributed by atoms with Gasteiger partial charge in [0.15, 0.2) is 0 Å². The highest BCUT2D eigenvalue weighted by molar-refractivity contribution is 5.84. The highest BCUT2D eigenvalue weighted by atomic mass is 16.6. The van der Waals surface area contributed by atoms with E-state index in [2.05, 4.69) is 0 Å². The van der Waals surface area contributed by atoms with Gasteiger partial charge in [-0.05, 0) is 33.6 Å². The van der Waals surface area contributed by atoms with Gasteiger partial charge >= 0.3 is 12.1 Å². The van der Waals surface area contributed by atoms with Crippen LogP contribution in [-0.4, -0.2) is 40.3 Å². The fraction of sp³-hybridized carbons (Fsp3) is 0.867. The van der Waals surface area contributed by atoms with Crippen molar-refractivity contribution in [1.29, 1.82) is 0 Å². The van der Waals surface area contributed by atoms with Crippen molar-refractivity contribution in [2.75, 3.05) is 7.05 Å². The molecule has 1 saturated carbocycles. The lowest BCUT2D eigenvalue weighted by molar-refractivity contribution is -0.152. The standard InChI is InChI=1S/C15H27NO4/c1-14(2,3)20-13(19)16(4)15(12(17)18)10-8-6-5-7-9-11-15/h5-11H2,1-4H3,(H,17,18). The van der Waals surface area contributed by atoms with Crippen molar-refractivity contribution >= 4 is 12.1 Å². The van der Waals surface area contributed by atoms with Gasteiger partial charge in [-0.1, -0.05) is 32.1 Å². The number of nitrogens with zero attached hydrogens (tertiary/aromatic N) is 1. The zero-order valence-corrected chi connectivity index (χ0v) is 13.1. The summed E-state index contributed by atoms with van der Waals surface area (Å²) in [5.74, 6) is -0.923. The first-order valence-corrected chi connectivity index (χ1v) is 7.39. The first kappa shape index (κ1) is 16.8. The van der Waals surface area contributed by atoms with Gasteiger partial charge < -0.3 is 9.84 Å². The van der Waals surface area contributed by atoms with E-state index in [1.54, 1.807) is 27.8 Å². The minimum Gasteiger partial charge on any atom is -0.479 e. The van der Waals surface area contributed by atoms with Gasteiger partial charge in [-0.15, -0.1) is 0 Å². The number of carboxylic acids is 1. The number of hydrogen-bond acceptors (Lipinski definition) is 3. The van der Waals surface area contributed by atoms with Gasteiger partial charge in [-0.25, -0.2) is 9.59 Å². The van der Waals surface area contributed by atoms with Crippen LogP contribution < -0.4 is 0 Å². The summed E-state index contributed by atoms with van der Waals surface area (Å²) < 4.78 is 5.32. The maximum absolute atomic E-state index is 12.2. The number of carbonyl (C=O) groups is 2. The molecule has 0 bridgehead atoms. The largest absolute Gasteiger partial charge is 0.479 e. The average molecular weight is 285 g/mol. The summed E-state index contributed by atoms with van der Waals surface area (Å²) in [6.45, 7) is 5.35. The molecule has 20 heavy (non-hydrogen) atoms. The van der Waals surface area contributed by atoms with Crippen LogP contribution in [0.25, 0.3) is 0 Å². The summed E-state index contributed by atoms with van der Waals surface area (Å²) in [5.41, 5.74) is -1.74. The molecule has 0 spiro atoms. The molecule has 0 saturated heterocycles. The van der Waals surface area contributed by atoms with Gasteiger partial charge in [-0.3, -0.25) is 4.90 Å². The molecule has 116 valence electrons. The molecule has 0 unspecified atom stereocenters. The molecule has 1 fully saturated rings. The molecule has 1 rings (SSSR count). The van der Waals surface area contributed by atoms with Crippen molar-refractivity contribution < 1.29 is 19.4 Å². The monoisotopic (exact) mass is 285 g/mol. The fourth-order valence-corrected chi connectivity index (χ4v) is 2.69. The molecule has 0 aliphatic heterocycles. The predicted molar refractivity (Wildman–Crippen MR) is 76.7 cm³/mol. The Hall–Kier alpha value is -1.26. The molecule has 0 radical (unpaired) electrons. The second-order valence-corrected chi connectivity index (χ2v) is 6.64. The number of hydrogen-bond donors (Lipinski definition) is 1. The molecule has 0 heterocycles. The molecule has 1 aliphatic carbocycles. The lowest BCUT2D eigenvalue weighted by Crippen LogP contribution is -2.56. The highest BCUT2D eigenvalue weighted by Crippen LogP contribution is 2.32. The Kier molecular flexibility index (Phi) is 5.42. The Balaban J connectivity index is 2.92. The summed E-state index contributed by atoms with van der Waals surface area (Å²) in [5, 5.41) is 9.67. The minimum atomic E-state index is -1.12. The maximum Gasteiger partial charge on any atom is 0.410 e. The zero-order chi connectivity index (χ0) is 15.4. The van der Waals surface area contributed by atoms with Crippen molar-refractivity contribution in [3.05, 3.63) is 0 Å². The lowest BCUT2D eigenvalue weighted by Gasteiger charge is -2.40. The molecule has 1 amide bonds. The molecule has 5 nitrogen and oxygen atoms in total. The van der Waals surface area contributed by atoms with Crippen LogP contribution in [0.1, 0.15) is 65.7 Å². The summed E-state index contributed by atoms with van der Waals surface area (Å²) >= 11 is 0. The zero-order valence-electron chi connectivity index (χ0n) is 13.1. The third-order valence-corrected chi connectivity index (χ3v) is 3.89. The van der Waals surface area contributed by atoms with E-state index in [4.69, 9.17) is 4.74 Å². The van der Waals surface area contributed by atoms with E-state index in [-0.39, 0.29) is 0 Å². The maximum atomic E-state index is 12.2. The first-order chi connectivity index (χ1) is 9.19. The number of aliphatic carboxylic acids is 1. The smallest absolute Gasteiger partial charge is 0.410 e. The number of likely N-dealkylation sites (N-methyl/N-ethyl adjacent to an activating group) is 1. The second kappa shape index (κ2) is 6.46. The summed E-state index contributed by atoms with van der Waals surface area (Å²) in [7, 11) is 1.55. The molecule has 1 N–H and O–H groups in total. The Bertz CT molecular complexity index is 351. The van der Waals surface area contributed by atoms with E-state index in [1.807, 2.05) is 0 Å². The summed E-state index contributed by atoms with van der Waals surface area (Å²) in [4.78, 5) is 25.3. The molecule has 0 aromatic carbocycles. The number of carbonyl (C=O) groups excluding carboxylic acids is 1. The number of rotatable bonds is 2. The Labute approximate surface area is 121 Å². The number of ether oxygens (including phenoxy) is 1. The predicted octanol–water partition coefficient (Wildman–Crippen LogP) is 3.42. The van der Waals surface area contributed by atoms with Crippen molar-refractivity contribution in [2.45, 2.75) is 76.9 Å². The number of amides is 1. The van der Waals surface area contributed by atoms with Gasteiger partial charge in [0.05, 0.1) is 0 Å². The SMILES string of the molecule is CN(C(=O)OC(C)(C)C)C1(C(=O)O)CCCCCCC1. The molecule has 5 heteroatoms. The van der Waals surface area contributed by atoms with Crippen LogP contribution in [0.2, 0.25) is 0 Å². The molecular weight excluding hydrogens is 258 g/mol. The molecule has 0 atom stereocenters. The van der Waals surface area contributed by atoms with Gasteiger partial charge in [0.25, 0.3) is 0 Å². The first-order valence-electron chi connectivity index (χ1n) is 7.39. The third-order valence-electron chi connectivity index (χ3n) is 3.89. The van der Waals surface area contributed by atoms with Crippen LogP contribution in [0.3, 0.4) is 0 Å². The Morgan fingerprint density at radius 3 is 1.90 bits per heavy atom. The highest BCUT2D eigenvalue weighted by Gasteiger charge is 2.45. The Morgan fingerprint density at radius 2 is 1.50 bits per heavy atom. The van der Waals surface area contributed by atoms with Crippen LogP contribution in [-0.2, 0) is 9.53 Å². The van der Waals surface area contributed by atoms with E-state index in [0.29, 0.717) is 12.8 Å². The van der Waals surface area contributed by atoms with Gasteiger partial charge in [0, 0.05) is 7.05 Å². The van der Waals surface area contributed by atoms with Crippen LogP contribution in [0.15, 0.2) is 0 Å². The van der Waals surface area contributed by atoms with Crippen LogP contribution in [0.4, 0.5) is 4.79 Å². The second-order valence-electron chi connectivity index (χ2n) is 6.64. The third kappa shape index (κ3) is 4.12. The fourth-order valence-electron chi connectivity index (χ4n) is 2.69. The normalized spacial score (nSPS) is 19.6. The topological polar surface area (TPSA) is 66.8 Å². The minimum absolute atomic E-state index is 0.498. The van der Waals surface area contributed by atoms with E-state index < -0.39 is 23.2 Å². The quantitative estimate of drug-likeness (QED) is 0.844. The van der Waals surface area contributed by atoms with Crippen LogP contribution in [0, 0.1) is 0 Å². The van der Waals surface area contributed by atoms with E-state index in [9.17, 15) is 14.7 Å². The van der Waals surface area contributed by atoms with Gasteiger partial charge in [0.2, 0.25) is 0 Å². The molecular formula is C15H27NO4. The van der Waals surface area contributed by atoms with Crippen LogP contribution >= 0.6 is 0 Å². The van der Waals surface area contributed by atoms with Crippen molar-refractivity contribution in [1.82, 2.24) is 4.90 Å².